The van der Waals surface area contributed by atoms with Crippen molar-refractivity contribution in [1.82, 2.24) is 15.1 Å². The molecule has 0 aromatic carbocycles. The summed E-state index contributed by atoms with van der Waals surface area (Å²) in [7, 11) is 0. The third-order valence-corrected chi connectivity index (χ3v) is 2.42. The Hall–Kier alpha value is -1.16. The molecule has 1 aliphatic heterocycles. The Morgan fingerprint density at radius 1 is 1.57 bits per heavy atom. The van der Waals surface area contributed by atoms with Gasteiger partial charge in [-0.3, -0.25) is 4.90 Å². The highest BCUT2D eigenvalue weighted by atomic mass is 15.3. The van der Waals surface area contributed by atoms with Crippen molar-refractivity contribution in [3.05, 3.63) is 18.3 Å². The minimum absolute atomic E-state index is 0.554. The van der Waals surface area contributed by atoms with Crippen LogP contribution in [0.1, 0.15) is 13.3 Å². The Kier molecular flexibility index (Phi) is 2.93. The van der Waals surface area contributed by atoms with Crippen LogP contribution in [-0.4, -0.2) is 40.8 Å². The number of hydrogen-bond acceptors (Lipinski definition) is 4. The van der Waals surface area contributed by atoms with E-state index in [1.807, 2.05) is 12.1 Å². The van der Waals surface area contributed by atoms with Crippen LogP contribution >= 0.6 is 0 Å². The summed E-state index contributed by atoms with van der Waals surface area (Å²) in [5.74, 6) is 0.883. The third kappa shape index (κ3) is 2.20. The van der Waals surface area contributed by atoms with Crippen LogP contribution in [0, 0.1) is 0 Å². The first-order valence-electron chi connectivity index (χ1n) is 5.15. The van der Waals surface area contributed by atoms with Gasteiger partial charge in [0.05, 0.1) is 6.04 Å². The SMILES string of the molecule is CCCN1CC(Nc2cccnn2)C1. The van der Waals surface area contributed by atoms with Crippen LogP contribution in [0.5, 0.6) is 0 Å². The molecule has 0 atom stereocenters. The van der Waals surface area contributed by atoms with Crippen LogP contribution in [0.15, 0.2) is 18.3 Å². The average Bonchev–Trinajstić information content (AvgIpc) is 2.16. The first-order chi connectivity index (χ1) is 6.88. The quantitative estimate of drug-likeness (QED) is 0.772. The molecule has 1 fully saturated rings. The summed E-state index contributed by atoms with van der Waals surface area (Å²) in [6.07, 6.45) is 2.92. The van der Waals surface area contributed by atoms with E-state index < -0.39 is 0 Å². The molecular formula is C10H16N4. The Labute approximate surface area is 84.3 Å². The predicted molar refractivity (Wildman–Crippen MR) is 56.2 cm³/mol. The highest BCUT2D eigenvalue weighted by Crippen LogP contribution is 2.12. The molecule has 14 heavy (non-hydrogen) atoms. The van der Waals surface area contributed by atoms with Crippen LogP contribution in [0.25, 0.3) is 0 Å². The molecule has 1 N–H and O–H groups in total. The molecule has 1 aromatic heterocycles. The fraction of sp³-hybridized carbons (Fsp3) is 0.600. The lowest BCUT2D eigenvalue weighted by Gasteiger charge is -2.39. The maximum Gasteiger partial charge on any atom is 0.148 e. The molecule has 0 aliphatic carbocycles. The predicted octanol–water partition coefficient (Wildman–Crippen LogP) is 0.983. The Balaban J connectivity index is 1.74. The zero-order valence-electron chi connectivity index (χ0n) is 8.48. The molecule has 2 heterocycles. The highest BCUT2D eigenvalue weighted by Gasteiger charge is 2.25. The molecule has 0 unspecified atom stereocenters. The second-order valence-corrected chi connectivity index (χ2v) is 3.71. The summed E-state index contributed by atoms with van der Waals surface area (Å²) in [6.45, 7) is 5.68. The van der Waals surface area contributed by atoms with Gasteiger partial charge in [-0.25, -0.2) is 0 Å². The molecule has 76 valence electrons. The molecule has 0 bridgehead atoms. The van der Waals surface area contributed by atoms with Gasteiger partial charge in [0.1, 0.15) is 5.82 Å². The summed E-state index contributed by atoms with van der Waals surface area (Å²) in [6, 6.07) is 4.41. The van der Waals surface area contributed by atoms with Crippen LogP contribution in [0.2, 0.25) is 0 Å². The fourth-order valence-corrected chi connectivity index (χ4v) is 1.75. The van der Waals surface area contributed by atoms with Gasteiger partial charge in [-0.1, -0.05) is 6.92 Å². The van der Waals surface area contributed by atoms with E-state index in [4.69, 9.17) is 0 Å². The molecule has 2 rings (SSSR count). The van der Waals surface area contributed by atoms with E-state index in [0.717, 1.165) is 18.9 Å². The van der Waals surface area contributed by atoms with Gasteiger partial charge in [-0.15, -0.1) is 5.10 Å². The van der Waals surface area contributed by atoms with Gasteiger partial charge >= 0.3 is 0 Å². The van der Waals surface area contributed by atoms with Gasteiger partial charge in [-0.05, 0) is 25.1 Å². The second-order valence-electron chi connectivity index (χ2n) is 3.71. The van der Waals surface area contributed by atoms with Crippen molar-refractivity contribution >= 4 is 5.82 Å². The summed E-state index contributed by atoms with van der Waals surface area (Å²) >= 11 is 0. The lowest BCUT2D eigenvalue weighted by Crippen LogP contribution is -2.54. The molecule has 1 aliphatic rings. The first-order valence-corrected chi connectivity index (χ1v) is 5.15. The van der Waals surface area contributed by atoms with Crippen molar-refractivity contribution in [2.75, 3.05) is 25.0 Å². The average molecular weight is 192 g/mol. The molecule has 4 heteroatoms. The number of anilines is 1. The Morgan fingerprint density at radius 2 is 2.43 bits per heavy atom. The number of hydrogen-bond donors (Lipinski definition) is 1. The van der Waals surface area contributed by atoms with E-state index in [1.165, 1.54) is 13.0 Å². The van der Waals surface area contributed by atoms with Gasteiger partial charge in [-0.2, -0.15) is 5.10 Å². The standard InChI is InChI=1S/C10H16N4/c1-2-6-14-7-9(8-14)12-10-4-3-5-11-13-10/h3-5,9H,2,6-8H2,1H3,(H,12,13). The van der Waals surface area contributed by atoms with Gasteiger partial charge in [0.15, 0.2) is 0 Å². The number of aromatic nitrogens is 2. The lowest BCUT2D eigenvalue weighted by atomic mass is 10.1. The largest absolute Gasteiger partial charge is 0.363 e. The third-order valence-electron chi connectivity index (χ3n) is 2.42. The van der Waals surface area contributed by atoms with Crippen molar-refractivity contribution in [2.24, 2.45) is 0 Å². The molecule has 0 spiro atoms. The summed E-state index contributed by atoms with van der Waals surface area (Å²) in [5, 5.41) is 11.2. The molecular weight excluding hydrogens is 176 g/mol. The van der Waals surface area contributed by atoms with Crippen LogP contribution in [0.4, 0.5) is 5.82 Å². The maximum atomic E-state index is 3.99. The monoisotopic (exact) mass is 192 g/mol. The molecule has 0 saturated carbocycles. The van der Waals surface area contributed by atoms with E-state index in [1.54, 1.807) is 6.20 Å². The summed E-state index contributed by atoms with van der Waals surface area (Å²) < 4.78 is 0. The van der Waals surface area contributed by atoms with Crippen molar-refractivity contribution < 1.29 is 0 Å². The molecule has 1 saturated heterocycles. The fourth-order valence-electron chi connectivity index (χ4n) is 1.75. The summed E-state index contributed by atoms with van der Waals surface area (Å²) in [5.41, 5.74) is 0. The molecule has 0 radical (unpaired) electrons. The van der Waals surface area contributed by atoms with Crippen molar-refractivity contribution in [3.63, 3.8) is 0 Å². The van der Waals surface area contributed by atoms with Gasteiger partial charge < -0.3 is 5.32 Å². The first kappa shape index (κ1) is 9.40. The number of likely N-dealkylation sites (tertiary alicyclic amines) is 1. The number of rotatable bonds is 4. The topological polar surface area (TPSA) is 41.0 Å². The van der Waals surface area contributed by atoms with E-state index in [9.17, 15) is 0 Å². The number of nitrogens with zero attached hydrogens (tertiary/aromatic N) is 3. The van der Waals surface area contributed by atoms with Gasteiger partial charge in [0.25, 0.3) is 0 Å². The lowest BCUT2D eigenvalue weighted by molar-refractivity contribution is 0.162. The zero-order valence-corrected chi connectivity index (χ0v) is 8.48. The van der Waals surface area contributed by atoms with Crippen molar-refractivity contribution in [3.8, 4) is 0 Å². The minimum atomic E-state index is 0.554. The smallest absolute Gasteiger partial charge is 0.148 e. The Bertz CT molecular complexity index is 269. The number of nitrogens with one attached hydrogen (secondary N) is 1. The van der Waals surface area contributed by atoms with E-state index in [-0.39, 0.29) is 0 Å². The zero-order chi connectivity index (χ0) is 9.80. The second kappa shape index (κ2) is 4.37. The van der Waals surface area contributed by atoms with E-state index >= 15 is 0 Å². The molecule has 4 nitrogen and oxygen atoms in total. The van der Waals surface area contributed by atoms with Gasteiger partial charge in [0.2, 0.25) is 0 Å². The Morgan fingerprint density at radius 3 is 3.07 bits per heavy atom. The maximum absolute atomic E-state index is 3.99. The normalized spacial score (nSPS) is 17.8. The molecule has 0 amide bonds. The van der Waals surface area contributed by atoms with E-state index in [2.05, 4.69) is 27.3 Å². The van der Waals surface area contributed by atoms with Crippen LogP contribution < -0.4 is 5.32 Å². The highest BCUT2D eigenvalue weighted by molar-refractivity contribution is 5.34. The van der Waals surface area contributed by atoms with Crippen molar-refractivity contribution in [1.29, 1.82) is 0 Å². The summed E-state index contributed by atoms with van der Waals surface area (Å²) in [4.78, 5) is 2.44. The van der Waals surface area contributed by atoms with Gasteiger partial charge in [0, 0.05) is 19.3 Å². The van der Waals surface area contributed by atoms with Crippen LogP contribution in [0.3, 0.4) is 0 Å². The van der Waals surface area contributed by atoms with Crippen molar-refractivity contribution in [2.45, 2.75) is 19.4 Å². The van der Waals surface area contributed by atoms with Crippen LogP contribution in [-0.2, 0) is 0 Å². The van der Waals surface area contributed by atoms with E-state index in [0.29, 0.717) is 6.04 Å². The minimum Gasteiger partial charge on any atom is -0.363 e. The molecule has 1 aromatic rings.